The molecule has 11 heteroatoms. The molecule has 6 nitrogen and oxygen atoms in total. The average molecular weight is 474 g/mol. The van der Waals surface area contributed by atoms with E-state index in [1.54, 1.807) is 11.8 Å². The Kier molecular flexibility index (Phi) is 8.02. The number of carbonyl (C=O) groups excluding carboxylic acids is 2. The highest BCUT2D eigenvalue weighted by Crippen LogP contribution is 2.36. The Labute approximate surface area is 187 Å². The summed E-state index contributed by atoms with van der Waals surface area (Å²) in [6.45, 7) is 6.25. The SMILES string of the molecule is CCN(CC)C(=O)c1sc(NC(=S)Nc2ccccc2C(F)(F)F)c(C(=O)OC)c1C. The molecule has 168 valence electrons. The fourth-order valence-electron chi connectivity index (χ4n) is 2.90. The monoisotopic (exact) mass is 473 g/mol. The van der Waals surface area contributed by atoms with Gasteiger partial charge in [0.2, 0.25) is 0 Å². The number of amides is 1. The molecule has 1 heterocycles. The summed E-state index contributed by atoms with van der Waals surface area (Å²) in [7, 11) is 1.20. The lowest BCUT2D eigenvalue weighted by atomic mass is 10.1. The number of halogens is 3. The molecule has 2 rings (SSSR count). The second-order valence-corrected chi connectivity index (χ2v) is 7.78. The van der Waals surface area contributed by atoms with Crippen molar-refractivity contribution in [2.24, 2.45) is 0 Å². The van der Waals surface area contributed by atoms with Crippen LogP contribution in [0.3, 0.4) is 0 Å². The number of esters is 1. The second kappa shape index (κ2) is 10.1. The molecule has 0 fully saturated rings. The summed E-state index contributed by atoms with van der Waals surface area (Å²) in [5.74, 6) is -0.944. The summed E-state index contributed by atoms with van der Waals surface area (Å²) in [4.78, 5) is 27.1. The maximum Gasteiger partial charge on any atom is 0.418 e. The van der Waals surface area contributed by atoms with Gasteiger partial charge in [0, 0.05) is 13.1 Å². The van der Waals surface area contributed by atoms with Crippen LogP contribution in [0.4, 0.5) is 23.9 Å². The molecule has 0 radical (unpaired) electrons. The van der Waals surface area contributed by atoms with Gasteiger partial charge in [0.05, 0.1) is 28.8 Å². The minimum absolute atomic E-state index is 0.108. The van der Waals surface area contributed by atoms with Crippen LogP contribution < -0.4 is 10.6 Å². The molecule has 31 heavy (non-hydrogen) atoms. The van der Waals surface area contributed by atoms with Crippen molar-refractivity contribution in [3.8, 4) is 0 Å². The lowest BCUT2D eigenvalue weighted by Gasteiger charge is -2.18. The Balaban J connectivity index is 2.38. The van der Waals surface area contributed by atoms with Crippen molar-refractivity contribution < 1.29 is 27.5 Å². The van der Waals surface area contributed by atoms with Crippen LogP contribution in [0, 0.1) is 6.92 Å². The largest absolute Gasteiger partial charge is 0.465 e. The van der Waals surface area contributed by atoms with Gasteiger partial charge in [0.1, 0.15) is 5.00 Å². The molecule has 0 spiro atoms. The highest BCUT2D eigenvalue weighted by atomic mass is 32.1. The number of ether oxygens (including phenoxy) is 1. The summed E-state index contributed by atoms with van der Waals surface area (Å²) in [6.07, 6.45) is -4.57. The number of anilines is 2. The molecule has 1 aromatic heterocycles. The zero-order valence-corrected chi connectivity index (χ0v) is 19.0. The first-order chi connectivity index (χ1) is 14.5. The number of hydrogen-bond acceptors (Lipinski definition) is 5. The number of methoxy groups -OCH3 is 1. The standard InChI is InChI=1S/C20H22F3N3O3S2/c1-5-26(6-2)17(27)15-11(3)14(18(28)29-4)16(31-15)25-19(30)24-13-10-8-7-9-12(13)20(21,22)23/h7-10H,5-6H2,1-4H3,(H2,24,25,30). The molecule has 0 bridgehead atoms. The first-order valence-electron chi connectivity index (χ1n) is 9.30. The number of para-hydroxylation sites is 1. The zero-order chi connectivity index (χ0) is 23.3. The van der Waals surface area contributed by atoms with E-state index in [1.165, 1.54) is 25.3 Å². The first kappa shape index (κ1) is 24.6. The molecule has 1 aromatic carbocycles. The van der Waals surface area contributed by atoms with Gasteiger partial charge in [-0.2, -0.15) is 13.2 Å². The van der Waals surface area contributed by atoms with Crippen molar-refractivity contribution in [1.29, 1.82) is 0 Å². The summed E-state index contributed by atoms with van der Waals surface area (Å²) >= 11 is 6.16. The van der Waals surface area contributed by atoms with E-state index in [-0.39, 0.29) is 27.3 Å². The van der Waals surface area contributed by atoms with Crippen LogP contribution in [0.1, 0.15) is 45.0 Å². The van der Waals surface area contributed by atoms with Crippen LogP contribution in [0.15, 0.2) is 24.3 Å². The predicted octanol–water partition coefficient (Wildman–Crippen LogP) is 5.15. The van der Waals surface area contributed by atoms with Crippen molar-refractivity contribution >= 4 is 51.2 Å². The number of carbonyl (C=O) groups is 2. The number of alkyl halides is 3. The molecule has 0 aliphatic rings. The fraction of sp³-hybridized carbons (Fsp3) is 0.350. The molecular formula is C20H22F3N3O3S2. The maximum atomic E-state index is 13.2. The molecule has 1 amide bonds. The van der Waals surface area contributed by atoms with Gasteiger partial charge in [-0.3, -0.25) is 4.79 Å². The van der Waals surface area contributed by atoms with Crippen molar-refractivity contribution in [2.45, 2.75) is 26.9 Å². The van der Waals surface area contributed by atoms with Gasteiger partial charge in [-0.25, -0.2) is 4.79 Å². The van der Waals surface area contributed by atoms with Crippen LogP contribution in [0.25, 0.3) is 0 Å². The molecule has 0 saturated heterocycles. The van der Waals surface area contributed by atoms with E-state index in [1.807, 2.05) is 13.8 Å². The summed E-state index contributed by atoms with van der Waals surface area (Å²) in [5, 5.41) is 5.30. The van der Waals surface area contributed by atoms with Gasteiger partial charge in [0.25, 0.3) is 5.91 Å². The van der Waals surface area contributed by atoms with E-state index in [2.05, 4.69) is 10.6 Å². The second-order valence-electron chi connectivity index (χ2n) is 6.35. The number of thiophene rings is 1. The number of nitrogens with one attached hydrogen (secondary N) is 2. The Hall–Kier alpha value is -2.66. The van der Waals surface area contributed by atoms with E-state index in [0.717, 1.165) is 17.4 Å². The van der Waals surface area contributed by atoms with Crippen molar-refractivity contribution in [3.05, 3.63) is 45.8 Å². The van der Waals surface area contributed by atoms with Crippen LogP contribution in [0.5, 0.6) is 0 Å². The highest BCUT2D eigenvalue weighted by molar-refractivity contribution is 7.80. The molecule has 2 aromatic rings. The average Bonchev–Trinajstić information content (AvgIpc) is 3.03. The third-order valence-corrected chi connectivity index (χ3v) is 5.89. The summed E-state index contributed by atoms with van der Waals surface area (Å²) in [6, 6.07) is 4.89. The molecular weight excluding hydrogens is 451 g/mol. The van der Waals surface area contributed by atoms with Crippen LogP contribution >= 0.6 is 23.6 Å². The van der Waals surface area contributed by atoms with E-state index >= 15 is 0 Å². The Morgan fingerprint density at radius 1 is 1.16 bits per heavy atom. The van der Waals surface area contributed by atoms with Gasteiger partial charge in [-0.15, -0.1) is 11.3 Å². The van der Waals surface area contributed by atoms with Crippen molar-refractivity contribution in [3.63, 3.8) is 0 Å². The molecule has 0 aliphatic carbocycles. The maximum absolute atomic E-state index is 13.2. The lowest BCUT2D eigenvalue weighted by molar-refractivity contribution is -0.136. The van der Waals surface area contributed by atoms with Crippen LogP contribution in [-0.4, -0.2) is 42.1 Å². The lowest BCUT2D eigenvalue weighted by Crippen LogP contribution is -2.30. The summed E-state index contributed by atoms with van der Waals surface area (Å²) in [5.41, 5.74) is -0.599. The normalized spacial score (nSPS) is 11.1. The quantitative estimate of drug-likeness (QED) is 0.447. The Morgan fingerprint density at radius 3 is 2.32 bits per heavy atom. The predicted molar refractivity (Wildman–Crippen MR) is 119 cm³/mol. The third kappa shape index (κ3) is 5.53. The molecule has 0 unspecified atom stereocenters. The number of hydrogen-bond donors (Lipinski definition) is 2. The van der Waals surface area contributed by atoms with E-state index in [0.29, 0.717) is 23.5 Å². The smallest absolute Gasteiger partial charge is 0.418 e. The molecule has 0 aliphatic heterocycles. The number of benzene rings is 1. The third-order valence-electron chi connectivity index (χ3n) is 4.49. The number of nitrogens with zero attached hydrogens (tertiary/aromatic N) is 1. The van der Waals surface area contributed by atoms with Crippen molar-refractivity contribution in [1.82, 2.24) is 4.90 Å². The number of thiocarbonyl (C=S) groups is 1. The van der Waals surface area contributed by atoms with Gasteiger partial charge in [-0.1, -0.05) is 12.1 Å². The van der Waals surface area contributed by atoms with E-state index < -0.39 is 17.7 Å². The molecule has 2 N–H and O–H groups in total. The van der Waals surface area contributed by atoms with Crippen LogP contribution in [0.2, 0.25) is 0 Å². The Bertz CT molecular complexity index is 986. The first-order valence-corrected chi connectivity index (χ1v) is 10.5. The Morgan fingerprint density at radius 2 is 1.77 bits per heavy atom. The van der Waals surface area contributed by atoms with Crippen molar-refractivity contribution in [2.75, 3.05) is 30.8 Å². The van der Waals surface area contributed by atoms with E-state index in [9.17, 15) is 22.8 Å². The van der Waals surface area contributed by atoms with Gasteiger partial charge in [-0.05, 0) is 50.7 Å². The minimum atomic E-state index is -4.57. The molecule has 0 saturated carbocycles. The van der Waals surface area contributed by atoms with Crippen LogP contribution in [-0.2, 0) is 10.9 Å². The van der Waals surface area contributed by atoms with E-state index in [4.69, 9.17) is 17.0 Å². The van der Waals surface area contributed by atoms with Gasteiger partial charge < -0.3 is 20.3 Å². The fourth-order valence-corrected chi connectivity index (χ4v) is 4.35. The molecule has 0 atom stereocenters. The highest BCUT2D eigenvalue weighted by Gasteiger charge is 2.33. The number of rotatable bonds is 6. The van der Waals surface area contributed by atoms with Gasteiger partial charge in [0.15, 0.2) is 5.11 Å². The zero-order valence-electron chi connectivity index (χ0n) is 17.3. The topological polar surface area (TPSA) is 70.7 Å². The summed E-state index contributed by atoms with van der Waals surface area (Å²) < 4.78 is 44.5. The minimum Gasteiger partial charge on any atom is -0.465 e. The van der Waals surface area contributed by atoms with Gasteiger partial charge >= 0.3 is 12.1 Å².